The topological polar surface area (TPSA) is 17.1 Å². The minimum Gasteiger partial charge on any atom is -0.249 e. The van der Waals surface area contributed by atoms with E-state index in [9.17, 15) is 17.4 Å². The molecule has 0 fully saturated rings. The second kappa shape index (κ2) is 12.1. The smallest absolute Gasteiger partial charge is 0.249 e. The molecular weight excluding hydrogens is 525 g/mol. The Labute approximate surface area is 239 Å². The Balaban J connectivity index is 0.000000225. The van der Waals surface area contributed by atoms with Crippen LogP contribution in [0.5, 0.6) is 0 Å². The Kier molecular flexibility index (Phi) is 9.51. The highest BCUT2D eigenvalue weighted by molar-refractivity contribution is 7.85. The van der Waals surface area contributed by atoms with Gasteiger partial charge in [0.25, 0.3) is 0 Å². The number of benzene rings is 4. The summed E-state index contributed by atoms with van der Waals surface area (Å²) < 4.78 is 54.3. The summed E-state index contributed by atoms with van der Waals surface area (Å²) in [5, 5.41) is 0. The van der Waals surface area contributed by atoms with Crippen LogP contribution in [0.2, 0.25) is 0 Å². The number of alkyl halides is 3. The summed E-state index contributed by atoms with van der Waals surface area (Å²) in [4.78, 5) is 1.75. The average molecular weight is 565 g/mol. The monoisotopic (exact) mass is 564 g/mol. The van der Waals surface area contributed by atoms with Crippen LogP contribution in [-0.4, -0.2) is 10.4 Å². The van der Waals surface area contributed by atoms with Crippen molar-refractivity contribution in [1.29, 1.82) is 0 Å². The molecule has 0 aromatic heterocycles. The fourth-order valence-corrected chi connectivity index (χ4v) is 5.62. The Morgan fingerprint density at radius 1 is 0.475 bits per heavy atom. The van der Waals surface area contributed by atoms with Crippen molar-refractivity contribution < 1.29 is 17.4 Å². The van der Waals surface area contributed by atoms with Crippen LogP contribution in [0.4, 0.5) is 13.2 Å². The van der Waals surface area contributed by atoms with E-state index in [1.165, 1.54) is 29.2 Å². The largest absolute Gasteiger partial charge is 0.402 e. The van der Waals surface area contributed by atoms with Crippen molar-refractivity contribution in [2.75, 3.05) is 0 Å². The minimum atomic E-state index is -4.36. The maximum absolute atomic E-state index is 13.9. The van der Waals surface area contributed by atoms with Gasteiger partial charge < -0.3 is 0 Å². The first-order chi connectivity index (χ1) is 18.6. The zero-order valence-corrected chi connectivity index (χ0v) is 25.7. The molecule has 0 radical (unpaired) electrons. The number of hydrogen-bond donors (Lipinski definition) is 0. The molecule has 0 amide bonds. The van der Waals surface area contributed by atoms with Gasteiger partial charge in [-0.1, -0.05) is 48.5 Å². The lowest BCUT2D eigenvalue weighted by atomic mass is 9.74. The van der Waals surface area contributed by atoms with E-state index in [-0.39, 0.29) is 11.1 Å². The molecule has 40 heavy (non-hydrogen) atoms. The van der Waals surface area contributed by atoms with Crippen molar-refractivity contribution in [3.8, 4) is 0 Å². The second-order valence-electron chi connectivity index (χ2n) is 11.0. The molecule has 0 aliphatic heterocycles. The summed E-state index contributed by atoms with van der Waals surface area (Å²) in [6.45, 7) is 17.0. The molecule has 4 aromatic rings. The van der Waals surface area contributed by atoms with Gasteiger partial charge in [-0.25, -0.2) is 4.21 Å². The van der Waals surface area contributed by atoms with Crippen LogP contribution < -0.4 is 0 Å². The highest BCUT2D eigenvalue weighted by Gasteiger charge is 2.53. The van der Waals surface area contributed by atoms with Gasteiger partial charge in [-0.2, -0.15) is 13.2 Å². The van der Waals surface area contributed by atoms with E-state index in [1.807, 2.05) is 64.1 Å². The SMILES string of the molecule is Cc1ccc(C(C)(c2ccc(C)c(C)c2)C(F)(F)F)cc1C.Cc1ccc(S(=O)c2ccc(C)c(C)c2)cc1C. The highest BCUT2D eigenvalue weighted by atomic mass is 32.2. The summed E-state index contributed by atoms with van der Waals surface area (Å²) in [5.41, 5.74) is 7.12. The molecule has 4 rings (SSSR count). The lowest BCUT2D eigenvalue weighted by Gasteiger charge is -2.34. The predicted molar refractivity (Wildman–Crippen MR) is 161 cm³/mol. The third-order valence-electron chi connectivity index (χ3n) is 8.12. The lowest BCUT2D eigenvalue weighted by Crippen LogP contribution is -2.40. The van der Waals surface area contributed by atoms with Gasteiger partial charge >= 0.3 is 6.18 Å². The maximum Gasteiger partial charge on any atom is 0.402 e. The molecule has 4 aromatic carbocycles. The third kappa shape index (κ3) is 6.58. The average Bonchev–Trinajstić information content (AvgIpc) is 2.89. The van der Waals surface area contributed by atoms with Crippen LogP contribution in [-0.2, 0) is 16.2 Å². The quantitative estimate of drug-likeness (QED) is 0.241. The van der Waals surface area contributed by atoms with Crippen LogP contribution in [0.25, 0.3) is 0 Å². The number of halogens is 3. The maximum atomic E-state index is 13.9. The van der Waals surface area contributed by atoms with Crippen molar-refractivity contribution in [2.45, 2.75) is 83.7 Å². The fraction of sp³-hybridized carbons (Fsp3) is 0.314. The Morgan fingerprint density at radius 2 is 0.775 bits per heavy atom. The summed E-state index contributed by atoms with van der Waals surface area (Å²) in [6.07, 6.45) is -4.36. The van der Waals surface area contributed by atoms with Crippen molar-refractivity contribution >= 4 is 10.8 Å². The molecule has 0 saturated heterocycles. The molecule has 0 N–H and O–H groups in total. The molecule has 0 aliphatic rings. The molecule has 5 heteroatoms. The van der Waals surface area contributed by atoms with Crippen molar-refractivity contribution in [1.82, 2.24) is 0 Å². The van der Waals surface area contributed by atoms with Crippen molar-refractivity contribution in [3.05, 3.63) is 128 Å². The molecule has 0 bridgehead atoms. The van der Waals surface area contributed by atoms with E-state index in [2.05, 4.69) is 27.7 Å². The van der Waals surface area contributed by atoms with Crippen molar-refractivity contribution in [2.24, 2.45) is 0 Å². The van der Waals surface area contributed by atoms with Gasteiger partial charge in [-0.15, -0.1) is 0 Å². The molecular formula is C35H39F3OS. The first-order valence-electron chi connectivity index (χ1n) is 13.3. The van der Waals surface area contributed by atoms with E-state index >= 15 is 0 Å². The first-order valence-corrected chi connectivity index (χ1v) is 14.5. The van der Waals surface area contributed by atoms with Gasteiger partial charge in [0.05, 0.1) is 10.8 Å². The Morgan fingerprint density at radius 3 is 1.05 bits per heavy atom. The zero-order valence-electron chi connectivity index (χ0n) is 24.9. The van der Waals surface area contributed by atoms with Gasteiger partial charge in [-0.3, -0.25) is 0 Å². The van der Waals surface area contributed by atoms with Crippen LogP contribution >= 0.6 is 0 Å². The van der Waals surface area contributed by atoms with E-state index in [1.54, 1.807) is 36.4 Å². The highest BCUT2D eigenvalue weighted by Crippen LogP contribution is 2.46. The van der Waals surface area contributed by atoms with Crippen LogP contribution in [0, 0.1) is 55.4 Å². The fourth-order valence-electron chi connectivity index (χ4n) is 4.39. The van der Waals surface area contributed by atoms with Crippen molar-refractivity contribution in [3.63, 3.8) is 0 Å². The van der Waals surface area contributed by atoms with Crippen LogP contribution in [0.1, 0.15) is 62.6 Å². The predicted octanol–water partition coefficient (Wildman–Crippen LogP) is 9.88. The van der Waals surface area contributed by atoms with Crippen LogP contribution in [0.3, 0.4) is 0 Å². The molecule has 0 unspecified atom stereocenters. The van der Waals surface area contributed by atoms with Gasteiger partial charge in [-0.05, 0) is 142 Å². The number of rotatable bonds is 4. The van der Waals surface area contributed by atoms with Gasteiger partial charge in [0, 0.05) is 9.79 Å². The van der Waals surface area contributed by atoms with E-state index in [0.717, 1.165) is 32.0 Å². The van der Waals surface area contributed by atoms with Crippen LogP contribution in [0.15, 0.2) is 82.6 Å². The molecule has 1 nitrogen and oxygen atoms in total. The van der Waals surface area contributed by atoms with E-state index in [4.69, 9.17) is 0 Å². The molecule has 0 saturated carbocycles. The zero-order chi connectivity index (χ0) is 30.0. The molecule has 0 aliphatic carbocycles. The van der Waals surface area contributed by atoms with Gasteiger partial charge in [0.15, 0.2) is 0 Å². The lowest BCUT2D eigenvalue weighted by molar-refractivity contribution is -0.173. The Bertz CT molecular complexity index is 1440. The number of hydrogen-bond acceptors (Lipinski definition) is 1. The minimum absolute atomic E-state index is 0.284. The van der Waals surface area contributed by atoms with Gasteiger partial charge in [0.2, 0.25) is 0 Å². The van der Waals surface area contributed by atoms with Gasteiger partial charge in [0.1, 0.15) is 5.41 Å². The molecule has 0 atom stereocenters. The second-order valence-corrected chi connectivity index (χ2v) is 12.5. The molecule has 0 spiro atoms. The normalized spacial score (nSPS) is 11.8. The summed E-state index contributed by atoms with van der Waals surface area (Å²) in [6, 6.07) is 22.0. The number of aryl methyl sites for hydroxylation is 8. The summed E-state index contributed by atoms with van der Waals surface area (Å²) in [7, 11) is -1.08. The third-order valence-corrected chi connectivity index (χ3v) is 9.48. The standard InChI is InChI=1S/C19H21F3.C16H18OS/c1-12-6-8-16(10-14(12)3)18(5,19(20,21)22)17-9-7-13(2)15(4)11-17;1-11-5-7-15(9-13(11)3)18(17)16-8-6-12(2)14(4)10-16/h6-11H,1-5H3;5-10H,1-4H3. The Hall–Kier alpha value is -3.18. The van der Waals surface area contributed by atoms with E-state index in [0.29, 0.717) is 0 Å². The molecule has 0 heterocycles. The summed E-state index contributed by atoms with van der Waals surface area (Å²) >= 11 is 0. The first kappa shape index (κ1) is 31.3. The molecule has 212 valence electrons. The summed E-state index contributed by atoms with van der Waals surface area (Å²) in [5.74, 6) is 0. The van der Waals surface area contributed by atoms with E-state index < -0.39 is 22.4 Å².